The molecule has 0 aliphatic heterocycles. The number of rotatable bonds is 7. The van der Waals surface area contributed by atoms with Crippen LogP contribution < -0.4 is 5.32 Å². The van der Waals surface area contributed by atoms with Gasteiger partial charge in [0, 0.05) is 18.7 Å². The summed E-state index contributed by atoms with van der Waals surface area (Å²) >= 11 is 1.42. The summed E-state index contributed by atoms with van der Waals surface area (Å²) in [6, 6.07) is 7.99. The summed E-state index contributed by atoms with van der Waals surface area (Å²) in [6.07, 6.45) is 0.843. The first-order valence-electron chi connectivity index (χ1n) is 7.99. The van der Waals surface area contributed by atoms with Crippen LogP contribution in [0, 0.1) is 0 Å². The van der Waals surface area contributed by atoms with E-state index in [2.05, 4.69) is 59.9 Å². The van der Waals surface area contributed by atoms with Gasteiger partial charge in [-0.2, -0.15) is 0 Å². The Morgan fingerprint density at radius 2 is 1.91 bits per heavy atom. The summed E-state index contributed by atoms with van der Waals surface area (Å²) < 4.78 is 2.05. The number of benzene rings is 1. The SMILES string of the molecule is CCc1nnc(SCC(=O)Nc2ccc(C(C)C)cc2)n1CC. The van der Waals surface area contributed by atoms with Crippen molar-refractivity contribution < 1.29 is 4.79 Å². The Morgan fingerprint density at radius 1 is 1.22 bits per heavy atom. The molecule has 0 aliphatic carbocycles. The molecule has 0 radical (unpaired) electrons. The lowest BCUT2D eigenvalue weighted by molar-refractivity contribution is -0.113. The van der Waals surface area contributed by atoms with Crippen LogP contribution >= 0.6 is 11.8 Å². The van der Waals surface area contributed by atoms with Gasteiger partial charge in [0.25, 0.3) is 0 Å². The molecule has 0 spiro atoms. The second-order valence-electron chi connectivity index (χ2n) is 5.61. The van der Waals surface area contributed by atoms with E-state index < -0.39 is 0 Å². The van der Waals surface area contributed by atoms with Crippen molar-refractivity contribution in [2.45, 2.75) is 51.7 Å². The minimum Gasteiger partial charge on any atom is -0.325 e. The second kappa shape index (κ2) is 8.15. The van der Waals surface area contributed by atoms with E-state index >= 15 is 0 Å². The van der Waals surface area contributed by atoms with Crippen LogP contribution in [0.1, 0.15) is 45.0 Å². The Labute approximate surface area is 141 Å². The lowest BCUT2D eigenvalue weighted by Crippen LogP contribution is -2.14. The van der Waals surface area contributed by atoms with Gasteiger partial charge in [0.1, 0.15) is 5.82 Å². The van der Waals surface area contributed by atoms with Crippen molar-refractivity contribution in [2.75, 3.05) is 11.1 Å². The molecular weight excluding hydrogens is 308 g/mol. The van der Waals surface area contributed by atoms with E-state index in [4.69, 9.17) is 0 Å². The molecule has 0 saturated heterocycles. The molecule has 0 unspecified atom stereocenters. The summed E-state index contributed by atoms with van der Waals surface area (Å²) in [6.45, 7) is 9.23. The van der Waals surface area contributed by atoms with Gasteiger partial charge in [0.05, 0.1) is 5.75 Å². The molecule has 0 bridgehead atoms. The number of hydrogen-bond donors (Lipinski definition) is 1. The van der Waals surface area contributed by atoms with Crippen LogP contribution in [-0.4, -0.2) is 26.4 Å². The zero-order chi connectivity index (χ0) is 16.8. The third-order valence-electron chi connectivity index (χ3n) is 3.62. The Balaban J connectivity index is 1.91. The first kappa shape index (κ1) is 17.5. The van der Waals surface area contributed by atoms with Gasteiger partial charge in [-0.15, -0.1) is 10.2 Å². The maximum Gasteiger partial charge on any atom is 0.234 e. The molecule has 0 aliphatic rings. The van der Waals surface area contributed by atoms with E-state index in [-0.39, 0.29) is 5.91 Å². The predicted octanol–water partition coefficient (Wildman–Crippen LogP) is 3.71. The number of aromatic nitrogens is 3. The summed E-state index contributed by atoms with van der Waals surface area (Å²) in [4.78, 5) is 12.1. The highest BCUT2D eigenvalue weighted by Gasteiger charge is 2.12. The normalized spacial score (nSPS) is 11.0. The van der Waals surface area contributed by atoms with Crippen LogP contribution in [0.3, 0.4) is 0 Å². The molecule has 0 fully saturated rings. The fourth-order valence-electron chi connectivity index (χ4n) is 2.28. The van der Waals surface area contributed by atoms with E-state index in [1.807, 2.05) is 12.1 Å². The summed E-state index contributed by atoms with van der Waals surface area (Å²) in [5.74, 6) is 1.74. The molecule has 1 heterocycles. The van der Waals surface area contributed by atoms with Crippen LogP contribution in [0.4, 0.5) is 5.69 Å². The molecule has 0 saturated carbocycles. The number of aryl methyl sites for hydroxylation is 1. The third-order valence-corrected chi connectivity index (χ3v) is 4.59. The molecule has 2 aromatic rings. The molecule has 23 heavy (non-hydrogen) atoms. The Kier molecular flexibility index (Phi) is 6.21. The number of hydrogen-bond acceptors (Lipinski definition) is 4. The molecule has 1 N–H and O–H groups in total. The summed E-state index contributed by atoms with van der Waals surface area (Å²) in [7, 11) is 0. The zero-order valence-electron chi connectivity index (χ0n) is 14.2. The highest BCUT2D eigenvalue weighted by atomic mass is 32.2. The Morgan fingerprint density at radius 3 is 2.48 bits per heavy atom. The van der Waals surface area contributed by atoms with Crippen LogP contribution in [0.25, 0.3) is 0 Å². The highest BCUT2D eigenvalue weighted by Crippen LogP contribution is 2.19. The van der Waals surface area contributed by atoms with Crippen molar-refractivity contribution in [1.82, 2.24) is 14.8 Å². The van der Waals surface area contributed by atoms with Gasteiger partial charge < -0.3 is 9.88 Å². The number of nitrogens with one attached hydrogen (secondary N) is 1. The summed E-state index contributed by atoms with van der Waals surface area (Å²) in [5.41, 5.74) is 2.09. The lowest BCUT2D eigenvalue weighted by Gasteiger charge is -2.09. The van der Waals surface area contributed by atoms with Gasteiger partial charge in [0.15, 0.2) is 5.16 Å². The van der Waals surface area contributed by atoms with E-state index in [9.17, 15) is 4.79 Å². The number of thioether (sulfide) groups is 1. The monoisotopic (exact) mass is 332 g/mol. The minimum atomic E-state index is -0.0315. The van der Waals surface area contributed by atoms with Gasteiger partial charge in [-0.3, -0.25) is 4.79 Å². The van der Waals surface area contributed by atoms with Gasteiger partial charge in [0.2, 0.25) is 5.91 Å². The highest BCUT2D eigenvalue weighted by molar-refractivity contribution is 7.99. The standard InChI is InChI=1S/C17H24N4OS/c1-5-15-19-20-17(21(15)6-2)23-11-16(22)18-14-9-7-13(8-10-14)12(3)4/h7-10,12H,5-6,11H2,1-4H3,(H,18,22). The van der Waals surface area contributed by atoms with Crippen molar-refractivity contribution in [3.8, 4) is 0 Å². The maximum absolute atomic E-state index is 12.1. The quantitative estimate of drug-likeness (QED) is 0.785. The van der Waals surface area contributed by atoms with E-state index in [0.717, 1.165) is 29.6 Å². The number of carbonyl (C=O) groups is 1. The number of anilines is 1. The van der Waals surface area contributed by atoms with Crippen LogP contribution in [0.2, 0.25) is 0 Å². The topological polar surface area (TPSA) is 59.8 Å². The molecule has 2 rings (SSSR count). The van der Waals surface area contributed by atoms with Gasteiger partial charge >= 0.3 is 0 Å². The van der Waals surface area contributed by atoms with Crippen LogP contribution in [-0.2, 0) is 17.8 Å². The average molecular weight is 332 g/mol. The van der Waals surface area contributed by atoms with E-state index in [1.165, 1.54) is 17.3 Å². The van der Waals surface area contributed by atoms with Crippen molar-refractivity contribution >= 4 is 23.4 Å². The molecule has 1 aromatic carbocycles. The minimum absolute atomic E-state index is 0.0315. The lowest BCUT2D eigenvalue weighted by atomic mass is 10.0. The molecule has 124 valence electrons. The predicted molar refractivity (Wildman–Crippen MR) is 95.0 cm³/mol. The maximum atomic E-state index is 12.1. The molecule has 5 nitrogen and oxygen atoms in total. The number of amides is 1. The molecule has 1 aromatic heterocycles. The molecule has 6 heteroatoms. The molecule has 1 amide bonds. The molecule has 0 atom stereocenters. The van der Waals surface area contributed by atoms with Crippen molar-refractivity contribution in [3.05, 3.63) is 35.7 Å². The van der Waals surface area contributed by atoms with Crippen molar-refractivity contribution in [2.24, 2.45) is 0 Å². The zero-order valence-corrected chi connectivity index (χ0v) is 15.0. The van der Waals surface area contributed by atoms with Gasteiger partial charge in [-0.25, -0.2) is 0 Å². The average Bonchev–Trinajstić information content (AvgIpc) is 2.95. The summed E-state index contributed by atoms with van der Waals surface area (Å²) in [5, 5.41) is 12.0. The van der Waals surface area contributed by atoms with Gasteiger partial charge in [-0.05, 0) is 30.5 Å². The largest absolute Gasteiger partial charge is 0.325 e. The number of carbonyl (C=O) groups excluding carboxylic acids is 1. The molecular formula is C17H24N4OS. The van der Waals surface area contributed by atoms with Crippen molar-refractivity contribution in [1.29, 1.82) is 0 Å². The first-order chi connectivity index (χ1) is 11.0. The van der Waals surface area contributed by atoms with Crippen molar-refractivity contribution in [3.63, 3.8) is 0 Å². The smallest absolute Gasteiger partial charge is 0.234 e. The van der Waals surface area contributed by atoms with E-state index in [0.29, 0.717) is 11.7 Å². The first-order valence-corrected chi connectivity index (χ1v) is 8.98. The van der Waals surface area contributed by atoms with Crippen LogP contribution in [0.15, 0.2) is 29.4 Å². The van der Waals surface area contributed by atoms with E-state index in [1.54, 1.807) is 0 Å². The van der Waals surface area contributed by atoms with Crippen LogP contribution in [0.5, 0.6) is 0 Å². The Bertz CT molecular complexity index is 649. The second-order valence-corrected chi connectivity index (χ2v) is 6.55. The van der Waals surface area contributed by atoms with Gasteiger partial charge in [-0.1, -0.05) is 44.7 Å². The third kappa shape index (κ3) is 4.58. The Hall–Kier alpha value is -1.82. The fourth-order valence-corrected chi connectivity index (χ4v) is 3.10. The fraction of sp³-hybridized carbons (Fsp3) is 0.471. The number of nitrogens with zero attached hydrogens (tertiary/aromatic N) is 3.